The molecule has 124 valence electrons. The van der Waals surface area contributed by atoms with Crippen LogP contribution in [-0.2, 0) is 10.0 Å². The molecule has 0 unspecified atom stereocenters. The maximum Gasteiger partial charge on any atom is 0.707 e. The summed E-state index contributed by atoms with van der Waals surface area (Å²) in [7, 11) is -5.91. The van der Waals surface area contributed by atoms with Crippen molar-refractivity contribution >= 4 is 44.2 Å². The standard InChI is InChI=1S/C15H13BBrNO5S/c1-10-2-5-12(6-3-10)24(21,22)18-9-15(23-16(19)20)13-7-4-11(17)8-14(13)18/h2-9,19-20H,1H3. The number of halogens is 1. The molecule has 3 rings (SSSR count). The van der Waals surface area contributed by atoms with Gasteiger partial charge in [-0.25, -0.2) is 12.4 Å². The lowest BCUT2D eigenvalue weighted by Crippen LogP contribution is -2.20. The van der Waals surface area contributed by atoms with E-state index < -0.39 is 17.3 Å². The van der Waals surface area contributed by atoms with Gasteiger partial charge in [-0.15, -0.1) is 0 Å². The van der Waals surface area contributed by atoms with Crippen molar-refractivity contribution in [2.45, 2.75) is 11.8 Å². The minimum absolute atomic E-state index is 0.0585. The van der Waals surface area contributed by atoms with E-state index in [1.807, 2.05) is 6.92 Å². The Morgan fingerprint density at radius 3 is 2.42 bits per heavy atom. The summed E-state index contributed by atoms with van der Waals surface area (Å²) >= 11 is 3.31. The van der Waals surface area contributed by atoms with Gasteiger partial charge in [-0.05, 0) is 37.3 Å². The van der Waals surface area contributed by atoms with Crippen LogP contribution in [0.5, 0.6) is 5.75 Å². The molecule has 3 aromatic rings. The number of nitrogens with zero attached hydrogens (tertiary/aromatic N) is 1. The Morgan fingerprint density at radius 2 is 1.79 bits per heavy atom. The molecule has 1 aromatic heterocycles. The molecule has 0 spiro atoms. The fraction of sp³-hybridized carbons (Fsp3) is 0.0667. The Labute approximate surface area is 147 Å². The monoisotopic (exact) mass is 409 g/mol. The molecule has 6 nitrogen and oxygen atoms in total. The van der Waals surface area contributed by atoms with Crippen molar-refractivity contribution in [3.8, 4) is 5.75 Å². The number of hydrogen-bond donors (Lipinski definition) is 2. The second-order valence-electron chi connectivity index (χ2n) is 5.21. The molecule has 0 fully saturated rings. The third-order valence-electron chi connectivity index (χ3n) is 3.51. The van der Waals surface area contributed by atoms with Crippen LogP contribution in [0, 0.1) is 6.92 Å². The van der Waals surface area contributed by atoms with Crippen molar-refractivity contribution in [1.29, 1.82) is 0 Å². The molecule has 0 amide bonds. The molecular formula is C15H13BBrNO5S. The lowest BCUT2D eigenvalue weighted by atomic mass is 10.2. The molecule has 0 aliphatic rings. The van der Waals surface area contributed by atoms with Crippen LogP contribution in [0.1, 0.15) is 5.56 Å². The molecule has 0 bridgehead atoms. The number of fused-ring (bicyclic) bond motifs is 1. The third kappa shape index (κ3) is 3.07. The molecular weight excluding hydrogens is 397 g/mol. The lowest BCUT2D eigenvalue weighted by molar-refractivity contribution is 0.289. The summed E-state index contributed by atoms with van der Waals surface area (Å²) < 4.78 is 32.5. The predicted molar refractivity (Wildman–Crippen MR) is 94.2 cm³/mol. The van der Waals surface area contributed by atoms with Crippen molar-refractivity contribution in [3.63, 3.8) is 0 Å². The Morgan fingerprint density at radius 1 is 1.12 bits per heavy atom. The second-order valence-corrected chi connectivity index (χ2v) is 7.94. The number of aryl methyl sites for hydroxylation is 1. The predicted octanol–water partition coefficient (Wildman–Crippen LogP) is 2.30. The van der Waals surface area contributed by atoms with Gasteiger partial charge in [0.25, 0.3) is 10.0 Å². The van der Waals surface area contributed by atoms with Crippen LogP contribution < -0.4 is 4.65 Å². The van der Waals surface area contributed by atoms with Gasteiger partial charge in [0, 0.05) is 9.86 Å². The quantitative estimate of drug-likeness (QED) is 0.645. The normalized spacial score (nSPS) is 11.7. The van der Waals surface area contributed by atoms with E-state index >= 15 is 0 Å². The molecule has 24 heavy (non-hydrogen) atoms. The molecule has 0 saturated heterocycles. The lowest BCUT2D eigenvalue weighted by Gasteiger charge is -2.08. The summed E-state index contributed by atoms with van der Waals surface area (Å²) in [6, 6.07) is 11.4. The Kier molecular flexibility index (Phi) is 4.43. The summed E-state index contributed by atoms with van der Waals surface area (Å²) in [5, 5.41) is 18.5. The molecule has 0 aliphatic carbocycles. The van der Waals surface area contributed by atoms with Crippen LogP contribution in [0.4, 0.5) is 0 Å². The van der Waals surface area contributed by atoms with E-state index in [2.05, 4.69) is 15.9 Å². The molecule has 0 saturated carbocycles. The Balaban J connectivity index is 2.25. The largest absolute Gasteiger partial charge is 0.707 e. The zero-order chi connectivity index (χ0) is 17.5. The van der Waals surface area contributed by atoms with Gasteiger partial charge in [0.05, 0.1) is 16.6 Å². The van der Waals surface area contributed by atoms with Crippen LogP contribution in [0.25, 0.3) is 10.9 Å². The van der Waals surface area contributed by atoms with Crippen molar-refractivity contribution < 1.29 is 23.1 Å². The summed E-state index contributed by atoms with van der Waals surface area (Å²) in [4.78, 5) is 0.126. The number of hydrogen-bond acceptors (Lipinski definition) is 5. The molecule has 0 aliphatic heterocycles. The van der Waals surface area contributed by atoms with E-state index in [1.165, 1.54) is 18.3 Å². The van der Waals surface area contributed by atoms with Gasteiger partial charge in [-0.2, -0.15) is 0 Å². The minimum atomic E-state index is -3.86. The van der Waals surface area contributed by atoms with Gasteiger partial charge < -0.3 is 14.7 Å². The molecule has 2 aromatic carbocycles. The fourth-order valence-corrected chi connectivity index (χ4v) is 4.07. The maximum absolute atomic E-state index is 12.9. The van der Waals surface area contributed by atoms with Crippen LogP contribution in [0.3, 0.4) is 0 Å². The highest BCUT2D eigenvalue weighted by molar-refractivity contribution is 9.10. The summed E-state index contributed by atoms with van der Waals surface area (Å²) in [6.07, 6.45) is 1.23. The smallest absolute Gasteiger partial charge is 0.510 e. The molecule has 0 radical (unpaired) electrons. The van der Waals surface area contributed by atoms with Crippen molar-refractivity contribution in [3.05, 3.63) is 58.7 Å². The van der Waals surface area contributed by atoms with E-state index in [0.29, 0.717) is 15.4 Å². The first-order chi connectivity index (χ1) is 11.3. The topological polar surface area (TPSA) is 88.8 Å². The van der Waals surface area contributed by atoms with Crippen LogP contribution >= 0.6 is 15.9 Å². The number of benzene rings is 2. The Hall–Kier alpha value is -1.81. The Bertz CT molecular complexity index is 999. The highest BCUT2D eigenvalue weighted by atomic mass is 79.9. The average molecular weight is 410 g/mol. The summed E-state index contributed by atoms with van der Waals surface area (Å²) in [5.41, 5.74) is 1.31. The van der Waals surface area contributed by atoms with Gasteiger partial charge >= 0.3 is 7.32 Å². The maximum atomic E-state index is 12.9. The molecule has 1 heterocycles. The van der Waals surface area contributed by atoms with Gasteiger partial charge in [-0.3, -0.25) is 0 Å². The molecule has 0 atom stereocenters. The van der Waals surface area contributed by atoms with E-state index in [4.69, 9.17) is 14.7 Å². The average Bonchev–Trinajstić information content (AvgIpc) is 2.85. The van der Waals surface area contributed by atoms with E-state index in [1.54, 1.807) is 30.3 Å². The van der Waals surface area contributed by atoms with E-state index in [0.717, 1.165) is 9.54 Å². The minimum Gasteiger partial charge on any atom is -0.510 e. The fourth-order valence-electron chi connectivity index (χ4n) is 2.37. The van der Waals surface area contributed by atoms with Crippen molar-refractivity contribution in [2.75, 3.05) is 0 Å². The highest BCUT2D eigenvalue weighted by Gasteiger charge is 2.24. The number of rotatable bonds is 4. The van der Waals surface area contributed by atoms with Crippen LogP contribution in [0.2, 0.25) is 0 Å². The van der Waals surface area contributed by atoms with Crippen molar-refractivity contribution in [1.82, 2.24) is 3.97 Å². The molecule has 2 N–H and O–H groups in total. The first kappa shape index (κ1) is 17.0. The molecule has 9 heteroatoms. The van der Waals surface area contributed by atoms with Crippen molar-refractivity contribution in [2.24, 2.45) is 0 Å². The van der Waals surface area contributed by atoms with Crippen LogP contribution in [0.15, 0.2) is 58.0 Å². The highest BCUT2D eigenvalue weighted by Crippen LogP contribution is 2.33. The first-order valence-electron chi connectivity index (χ1n) is 6.95. The van der Waals surface area contributed by atoms with Crippen LogP contribution in [-0.4, -0.2) is 29.8 Å². The zero-order valence-electron chi connectivity index (χ0n) is 12.5. The summed E-state index contributed by atoms with van der Waals surface area (Å²) in [5.74, 6) is 0.0585. The van der Waals surface area contributed by atoms with Gasteiger partial charge in [0.1, 0.15) is 5.75 Å². The zero-order valence-corrected chi connectivity index (χ0v) is 15.0. The summed E-state index contributed by atoms with van der Waals surface area (Å²) in [6.45, 7) is 1.87. The van der Waals surface area contributed by atoms with E-state index in [9.17, 15) is 8.42 Å². The SMILES string of the molecule is Cc1ccc(S(=O)(=O)n2cc(OB(O)O)c3ccc(Br)cc32)cc1. The first-order valence-corrected chi connectivity index (χ1v) is 9.18. The van der Waals surface area contributed by atoms with E-state index in [-0.39, 0.29) is 10.6 Å². The number of aromatic nitrogens is 1. The second kappa shape index (κ2) is 6.25. The third-order valence-corrected chi connectivity index (χ3v) is 5.69. The van der Waals surface area contributed by atoms with Gasteiger partial charge in [-0.1, -0.05) is 33.6 Å². The van der Waals surface area contributed by atoms with Gasteiger partial charge in [0.2, 0.25) is 0 Å². The van der Waals surface area contributed by atoms with Gasteiger partial charge in [0.15, 0.2) is 0 Å².